The molecule has 1 saturated carbocycles. The molecule has 0 unspecified atom stereocenters. The first-order valence-electron chi connectivity index (χ1n) is 9.47. The first-order chi connectivity index (χ1) is 13.2. The summed E-state index contributed by atoms with van der Waals surface area (Å²) in [7, 11) is 0. The predicted octanol–water partition coefficient (Wildman–Crippen LogP) is 5.68. The Kier molecular flexibility index (Phi) is 5.19. The fourth-order valence-electron chi connectivity index (χ4n) is 3.36. The Hall–Kier alpha value is -3.08. The summed E-state index contributed by atoms with van der Waals surface area (Å²) >= 11 is 0. The van der Waals surface area contributed by atoms with Crippen LogP contribution >= 0.6 is 0 Å². The van der Waals surface area contributed by atoms with Crippen LogP contribution in [0.25, 0.3) is 0 Å². The lowest BCUT2D eigenvalue weighted by atomic mass is 10.2. The lowest BCUT2D eigenvalue weighted by molar-refractivity contribution is 0.483. The zero-order valence-corrected chi connectivity index (χ0v) is 15.5. The highest BCUT2D eigenvalue weighted by Crippen LogP contribution is 2.26. The van der Waals surface area contributed by atoms with E-state index >= 15 is 0 Å². The molecule has 27 heavy (non-hydrogen) atoms. The van der Waals surface area contributed by atoms with Crippen LogP contribution < -0.4 is 15.4 Å². The van der Waals surface area contributed by atoms with Gasteiger partial charge in [0.15, 0.2) is 0 Å². The summed E-state index contributed by atoms with van der Waals surface area (Å²) in [5.41, 5.74) is 0.959. The van der Waals surface area contributed by atoms with E-state index in [2.05, 4.69) is 20.6 Å². The Labute approximate surface area is 159 Å². The zero-order chi connectivity index (χ0) is 18.5. The maximum absolute atomic E-state index is 5.83. The molecule has 1 aromatic heterocycles. The van der Waals surface area contributed by atoms with Crippen LogP contribution in [0.4, 0.5) is 17.3 Å². The second kappa shape index (κ2) is 8.08. The van der Waals surface area contributed by atoms with Crippen molar-refractivity contribution in [3.63, 3.8) is 0 Å². The van der Waals surface area contributed by atoms with E-state index in [1.807, 2.05) is 67.6 Å². The fourth-order valence-corrected chi connectivity index (χ4v) is 3.36. The summed E-state index contributed by atoms with van der Waals surface area (Å²) in [5, 5.41) is 6.89. The van der Waals surface area contributed by atoms with Gasteiger partial charge >= 0.3 is 0 Å². The number of hydrogen-bond acceptors (Lipinski definition) is 5. The van der Waals surface area contributed by atoms with Gasteiger partial charge in [0.2, 0.25) is 0 Å². The molecule has 1 fully saturated rings. The van der Waals surface area contributed by atoms with Gasteiger partial charge in [0.1, 0.15) is 29.0 Å². The molecule has 1 aliphatic carbocycles. The molecule has 0 amide bonds. The van der Waals surface area contributed by atoms with Gasteiger partial charge in [-0.25, -0.2) is 9.97 Å². The van der Waals surface area contributed by atoms with E-state index in [1.165, 1.54) is 25.7 Å². The molecule has 0 spiro atoms. The maximum atomic E-state index is 5.83. The van der Waals surface area contributed by atoms with Crippen molar-refractivity contribution in [2.24, 2.45) is 0 Å². The number of hydrogen-bond donors (Lipinski definition) is 2. The van der Waals surface area contributed by atoms with E-state index in [0.717, 1.165) is 34.6 Å². The first kappa shape index (κ1) is 17.3. The number of rotatable bonds is 6. The minimum atomic E-state index is 0.529. The summed E-state index contributed by atoms with van der Waals surface area (Å²) in [6, 6.07) is 20.1. The molecule has 2 aromatic carbocycles. The molecule has 3 aromatic rings. The zero-order valence-electron chi connectivity index (χ0n) is 15.5. The minimum absolute atomic E-state index is 0.529. The average Bonchev–Trinajstić information content (AvgIpc) is 3.17. The number of ether oxygens (including phenoxy) is 1. The van der Waals surface area contributed by atoms with Crippen molar-refractivity contribution in [3.8, 4) is 11.5 Å². The number of anilines is 3. The largest absolute Gasteiger partial charge is 0.457 e. The van der Waals surface area contributed by atoms with Crippen molar-refractivity contribution >= 4 is 17.3 Å². The van der Waals surface area contributed by atoms with Crippen LogP contribution in [0.15, 0.2) is 60.7 Å². The standard InChI is InChI=1S/C22H24N4O/c1-16-23-21(25-17-7-5-6-8-17)15-22(24-16)26-18-11-13-20(14-12-18)27-19-9-3-2-4-10-19/h2-4,9-15,17H,5-8H2,1H3,(H2,23,24,25,26). The van der Waals surface area contributed by atoms with Crippen LogP contribution in [-0.2, 0) is 0 Å². The van der Waals surface area contributed by atoms with Gasteiger partial charge in [-0.3, -0.25) is 0 Å². The smallest absolute Gasteiger partial charge is 0.136 e. The average molecular weight is 360 g/mol. The molecule has 4 rings (SSSR count). The Balaban J connectivity index is 1.43. The molecule has 138 valence electrons. The van der Waals surface area contributed by atoms with Gasteiger partial charge in [-0.05, 0) is 56.2 Å². The van der Waals surface area contributed by atoms with E-state index < -0.39 is 0 Å². The van der Waals surface area contributed by atoms with Gasteiger partial charge in [0.25, 0.3) is 0 Å². The highest BCUT2D eigenvalue weighted by Gasteiger charge is 2.15. The third-order valence-corrected chi connectivity index (χ3v) is 4.65. The SMILES string of the molecule is Cc1nc(Nc2ccc(Oc3ccccc3)cc2)cc(NC2CCCC2)n1. The van der Waals surface area contributed by atoms with Crippen molar-refractivity contribution in [2.75, 3.05) is 10.6 Å². The van der Waals surface area contributed by atoms with Crippen molar-refractivity contribution in [1.29, 1.82) is 0 Å². The van der Waals surface area contributed by atoms with Gasteiger partial charge in [-0.15, -0.1) is 0 Å². The van der Waals surface area contributed by atoms with Gasteiger partial charge in [0.05, 0.1) is 0 Å². The van der Waals surface area contributed by atoms with Crippen molar-refractivity contribution in [1.82, 2.24) is 9.97 Å². The first-order valence-corrected chi connectivity index (χ1v) is 9.47. The molecular formula is C22H24N4O. The third-order valence-electron chi connectivity index (χ3n) is 4.65. The number of benzene rings is 2. The Morgan fingerprint density at radius 2 is 1.52 bits per heavy atom. The second-order valence-corrected chi connectivity index (χ2v) is 6.88. The molecule has 0 atom stereocenters. The van der Waals surface area contributed by atoms with E-state index in [-0.39, 0.29) is 0 Å². The van der Waals surface area contributed by atoms with Crippen LogP contribution in [0, 0.1) is 6.92 Å². The topological polar surface area (TPSA) is 59.1 Å². The number of nitrogens with one attached hydrogen (secondary N) is 2. The van der Waals surface area contributed by atoms with Crippen molar-refractivity contribution in [2.45, 2.75) is 38.6 Å². The molecule has 0 aliphatic heterocycles. The summed E-state index contributed by atoms with van der Waals surface area (Å²) in [6.45, 7) is 1.92. The molecule has 0 saturated heterocycles. The van der Waals surface area contributed by atoms with Crippen LogP contribution in [0.2, 0.25) is 0 Å². The van der Waals surface area contributed by atoms with Crippen LogP contribution in [0.1, 0.15) is 31.5 Å². The predicted molar refractivity (Wildman–Crippen MR) is 109 cm³/mol. The molecule has 0 radical (unpaired) electrons. The molecule has 2 N–H and O–H groups in total. The van der Waals surface area contributed by atoms with Gasteiger partial charge in [0, 0.05) is 17.8 Å². The molecular weight excluding hydrogens is 336 g/mol. The van der Waals surface area contributed by atoms with Gasteiger partial charge < -0.3 is 15.4 Å². The van der Waals surface area contributed by atoms with Crippen molar-refractivity contribution in [3.05, 3.63) is 66.5 Å². The molecule has 1 heterocycles. The molecule has 5 nitrogen and oxygen atoms in total. The van der Waals surface area contributed by atoms with Gasteiger partial charge in [-0.1, -0.05) is 31.0 Å². The summed E-state index contributed by atoms with van der Waals surface area (Å²) < 4.78 is 5.83. The lowest BCUT2D eigenvalue weighted by Crippen LogP contribution is -2.16. The summed E-state index contributed by atoms with van der Waals surface area (Å²) in [5.74, 6) is 4.06. The quantitative estimate of drug-likeness (QED) is 0.592. The van der Waals surface area contributed by atoms with E-state index in [0.29, 0.717) is 6.04 Å². The molecule has 0 bridgehead atoms. The van der Waals surface area contributed by atoms with Crippen LogP contribution in [-0.4, -0.2) is 16.0 Å². The summed E-state index contributed by atoms with van der Waals surface area (Å²) in [4.78, 5) is 9.02. The summed E-state index contributed by atoms with van der Waals surface area (Å²) in [6.07, 6.45) is 5.03. The van der Waals surface area contributed by atoms with Gasteiger partial charge in [-0.2, -0.15) is 0 Å². The van der Waals surface area contributed by atoms with Crippen LogP contribution in [0.3, 0.4) is 0 Å². The maximum Gasteiger partial charge on any atom is 0.136 e. The minimum Gasteiger partial charge on any atom is -0.457 e. The van der Waals surface area contributed by atoms with Crippen molar-refractivity contribution < 1.29 is 4.74 Å². The van der Waals surface area contributed by atoms with E-state index in [4.69, 9.17) is 4.74 Å². The Bertz CT molecular complexity index is 875. The Morgan fingerprint density at radius 1 is 0.852 bits per heavy atom. The fraction of sp³-hybridized carbons (Fsp3) is 0.273. The second-order valence-electron chi connectivity index (χ2n) is 6.88. The monoisotopic (exact) mass is 360 g/mol. The highest BCUT2D eigenvalue weighted by atomic mass is 16.5. The normalized spacial score (nSPS) is 14.1. The molecule has 5 heteroatoms. The van der Waals surface area contributed by atoms with E-state index in [1.54, 1.807) is 0 Å². The number of aromatic nitrogens is 2. The number of aryl methyl sites for hydroxylation is 1. The van der Waals surface area contributed by atoms with E-state index in [9.17, 15) is 0 Å². The number of para-hydroxylation sites is 1. The Morgan fingerprint density at radius 3 is 2.26 bits per heavy atom. The van der Waals surface area contributed by atoms with Crippen LogP contribution in [0.5, 0.6) is 11.5 Å². The highest BCUT2D eigenvalue weighted by molar-refractivity contribution is 5.60. The molecule has 1 aliphatic rings. The number of nitrogens with zero attached hydrogens (tertiary/aromatic N) is 2. The lowest BCUT2D eigenvalue weighted by Gasteiger charge is -2.14. The third kappa shape index (κ3) is 4.76.